The first-order valence-corrected chi connectivity index (χ1v) is 13.8. The third kappa shape index (κ3) is 7.00. The minimum absolute atomic E-state index is 0.219. The Morgan fingerprint density at radius 3 is 1.11 bits per heavy atom. The first-order chi connectivity index (χ1) is 17.0. The molecule has 0 unspecified atom stereocenters. The van der Waals surface area contributed by atoms with Gasteiger partial charge in [0.2, 0.25) is 0 Å². The maximum atomic E-state index is 12.1. The molecule has 10 heteroatoms. The first-order valence-electron chi connectivity index (χ1n) is 10.9. The second kappa shape index (κ2) is 11.1. The van der Waals surface area contributed by atoms with E-state index in [4.69, 9.17) is 11.5 Å². The predicted molar refractivity (Wildman–Crippen MR) is 146 cm³/mol. The topological polar surface area (TPSA) is 144 Å². The van der Waals surface area contributed by atoms with Crippen molar-refractivity contribution in [2.45, 2.75) is 23.6 Å². The molecule has 0 aliphatic rings. The van der Waals surface area contributed by atoms with Gasteiger partial charge in [-0.25, -0.2) is 16.8 Å². The predicted octanol–water partition coefficient (Wildman–Crippen LogP) is 4.76. The molecule has 0 saturated carbocycles. The molecular formula is C26H28N4O4S2. The molecule has 4 rings (SSSR count). The van der Waals surface area contributed by atoms with Crippen molar-refractivity contribution in [2.75, 3.05) is 20.9 Å². The molecule has 0 aliphatic carbocycles. The number of nitrogens with two attached hydrogens (primary N) is 2. The zero-order valence-electron chi connectivity index (χ0n) is 19.8. The molecule has 188 valence electrons. The monoisotopic (exact) mass is 524 g/mol. The number of nitrogens with one attached hydrogen (secondary N) is 2. The second-order valence-electron chi connectivity index (χ2n) is 8.01. The number of anilines is 4. The summed E-state index contributed by atoms with van der Waals surface area (Å²) in [5.74, 6) is 0. The smallest absolute Gasteiger partial charge is 0.261 e. The molecule has 0 radical (unpaired) electrons. The normalized spacial score (nSPS) is 11.2. The lowest BCUT2D eigenvalue weighted by Crippen LogP contribution is -2.14. The van der Waals surface area contributed by atoms with Crippen LogP contribution in [-0.2, 0) is 20.0 Å². The van der Waals surface area contributed by atoms with Crippen molar-refractivity contribution < 1.29 is 16.8 Å². The van der Waals surface area contributed by atoms with E-state index in [2.05, 4.69) is 9.44 Å². The quantitative estimate of drug-likeness (QED) is 0.268. The van der Waals surface area contributed by atoms with Gasteiger partial charge in [-0.05, 0) is 62.4 Å². The lowest BCUT2D eigenvalue weighted by molar-refractivity contribution is 0.599. The highest BCUT2D eigenvalue weighted by molar-refractivity contribution is 7.93. The Labute approximate surface area is 212 Å². The molecule has 0 spiro atoms. The zero-order valence-corrected chi connectivity index (χ0v) is 21.5. The van der Waals surface area contributed by atoms with Crippen LogP contribution in [0.3, 0.4) is 0 Å². The van der Waals surface area contributed by atoms with Gasteiger partial charge in [0.1, 0.15) is 0 Å². The summed E-state index contributed by atoms with van der Waals surface area (Å²) in [7, 11) is -7.17. The Kier molecular flexibility index (Phi) is 8.23. The summed E-state index contributed by atoms with van der Waals surface area (Å²) in [6, 6.07) is 26.8. The van der Waals surface area contributed by atoms with Gasteiger partial charge in [-0.15, -0.1) is 0 Å². The highest BCUT2D eigenvalue weighted by Gasteiger charge is 2.15. The van der Waals surface area contributed by atoms with Crippen molar-refractivity contribution in [2.24, 2.45) is 0 Å². The Morgan fingerprint density at radius 2 is 0.806 bits per heavy atom. The molecule has 4 aromatic rings. The van der Waals surface area contributed by atoms with Crippen molar-refractivity contribution in [3.8, 4) is 0 Å². The number of benzene rings is 4. The van der Waals surface area contributed by atoms with Gasteiger partial charge in [0.25, 0.3) is 20.0 Å². The molecule has 0 amide bonds. The number of aryl methyl sites for hydroxylation is 2. The summed E-state index contributed by atoms with van der Waals surface area (Å²) in [6.07, 6.45) is 0. The highest BCUT2D eigenvalue weighted by Crippen LogP contribution is 2.22. The van der Waals surface area contributed by atoms with Crippen molar-refractivity contribution >= 4 is 42.8 Å². The summed E-state index contributed by atoms with van der Waals surface area (Å²) in [4.78, 5) is 0.438. The van der Waals surface area contributed by atoms with Crippen molar-refractivity contribution in [3.63, 3.8) is 0 Å². The lowest BCUT2D eigenvalue weighted by atomic mass is 10.2. The van der Waals surface area contributed by atoms with Crippen LogP contribution in [-0.4, -0.2) is 16.8 Å². The van der Waals surface area contributed by atoms with Crippen LogP contribution in [0.5, 0.6) is 0 Å². The lowest BCUT2D eigenvalue weighted by Gasteiger charge is -2.10. The number of para-hydroxylation sites is 4. The van der Waals surface area contributed by atoms with Crippen LogP contribution in [0, 0.1) is 13.8 Å². The Morgan fingerprint density at radius 1 is 0.500 bits per heavy atom. The van der Waals surface area contributed by atoms with Gasteiger partial charge in [-0.2, -0.15) is 0 Å². The van der Waals surface area contributed by atoms with Gasteiger partial charge >= 0.3 is 0 Å². The van der Waals surface area contributed by atoms with E-state index >= 15 is 0 Å². The summed E-state index contributed by atoms with van der Waals surface area (Å²) in [5.41, 5.74) is 15.0. The minimum Gasteiger partial charge on any atom is -0.397 e. The van der Waals surface area contributed by atoms with E-state index < -0.39 is 20.0 Å². The van der Waals surface area contributed by atoms with Crippen LogP contribution < -0.4 is 20.9 Å². The molecule has 0 bridgehead atoms. The average molecular weight is 525 g/mol. The standard InChI is InChI=1S/2C13H14N2O2S/c2*1-10-6-8-11(9-7-10)18(16,17)15-13-5-3-2-4-12(13)14/h2*2-9,15H,14H2,1H3. The van der Waals surface area contributed by atoms with Crippen LogP contribution in [0.1, 0.15) is 11.1 Å². The molecular weight excluding hydrogens is 496 g/mol. The van der Waals surface area contributed by atoms with E-state index in [0.717, 1.165) is 11.1 Å². The van der Waals surface area contributed by atoms with E-state index in [1.54, 1.807) is 97.1 Å². The maximum absolute atomic E-state index is 12.1. The third-order valence-electron chi connectivity index (χ3n) is 5.07. The zero-order chi connectivity index (χ0) is 26.3. The highest BCUT2D eigenvalue weighted by atomic mass is 32.2. The molecule has 36 heavy (non-hydrogen) atoms. The fourth-order valence-electron chi connectivity index (χ4n) is 3.02. The number of rotatable bonds is 6. The number of nitrogen functional groups attached to an aromatic ring is 2. The number of hydrogen-bond acceptors (Lipinski definition) is 6. The third-order valence-corrected chi connectivity index (χ3v) is 7.84. The second-order valence-corrected chi connectivity index (χ2v) is 11.4. The van der Waals surface area contributed by atoms with E-state index in [9.17, 15) is 16.8 Å². The van der Waals surface area contributed by atoms with E-state index in [-0.39, 0.29) is 9.79 Å². The summed E-state index contributed by atoms with van der Waals surface area (Å²) in [6.45, 7) is 3.80. The van der Waals surface area contributed by atoms with E-state index in [1.807, 2.05) is 13.8 Å². The molecule has 6 N–H and O–H groups in total. The van der Waals surface area contributed by atoms with Crippen LogP contribution in [0.25, 0.3) is 0 Å². The first kappa shape index (κ1) is 26.6. The minimum atomic E-state index is -3.58. The van der Waals surface area contributed by atoms with Crippen LogP contribution in [0.15, 0.2) is 107 Å². The van der Waals surface area contributed by atoms with Gasteiger partial charge in [0.15, 0.2) is 0 Å². The number of hydrogen-bond donors (Lipinski definition) is 4. The van der Waals surface area contributed by atoms with Crippen LogP contribution in [0.2, 0.25) is 0 Å². The van der Waals surface area contributed by atoms with Crippen molar-refractivity contribution in [3.05, 3.63) is 108 Å². The fourth-order valence-corrected chi connectivity index (χ4v) is 5.20. The van der Waals surface area contributed by atoms with Gasteiger partial charge in [-0.3, -0.25) is 9.44 Å². The largest absolute Gasteiger partial charge is 0.397 e. The Balaban J connectivity index is 0.000000201. The molecule has 0 fully saturated rings. The summed E-state index contributed by atoms with van der Waals surface area (Å²) >= 11 is 0. The SMILES string of the molecule is Cc1ccc(S(=O)(=O)Nc2ccccc2N)cc1.Cc1ccc(S(=O)(=O)Nc2ccccc2N)cc1. The average Bonchev–Trinajstić information content (AvgIpc) is 2.83. The van der Waals surface area contributed by atoms with Crippen LogP contribution in [0.4, 0.5) is 22.7 Å². The Bertz CT molecular complexity index is 1420. The fraction of sp³-hybridized carbons (Fsp3) is 0.0769. The van der Waals surface area contributed by atoms with Crippen molar-refractivity contribution in [1.82, 2.24) is 0 Å². The molecule has 0 atom stereocenters. The van der Waals surface area contributed by atoms with E-state index in [0.29, 0.717) is 22.7 Å². The summed E-state index contributed by atoms with van der Waals surface area (Å²) < 4.78 is 53.3. The molecule has 4 aromatic carbocycles. The van der Waals surface area contributed by atoms with Gasteiger partial charge in [0.05, 0.1) is 32.5 Å². The molecule has 0 aliphatic heterocycles. The maximum Gasteiger partial charge on any atom is 0.261 e. The summed E-state index contributed by atoms with van der Waals surface area (Å²) in [5, 5.41) is 0. The van der Waals surface area contributed by atoms with Crippen molar-refractivity contribution in [1.29, 1.82) is 0 Å². The van der Waals surface area contributed by atoms with Gasteiger partial charge < -0.3 is 11.5 Å². The van der Waals surface area contributed by atoms with Gasteiger partial charge in [-0.1, -0.05) is 59.7 Å². The van der Waals surface area contributed by atoms with E-state index in [1.165, 1.54) is 0 Å². The van der Waals surface area contributed by atoms with Gasteiger partial charge in [0, 0.05) is 0 Å². The molecule has 0 saturated heterocycles. The van der Waals surface area contributed by atoms with Crippen LogP contribution >= 0.6 is 0 Å². The number of sulfonamides is 2. The Hall–Kier alpha value is -4.02. The molecule has 8 nitrogen and oxygen atoms in total. The molecule has 0 heterocycles. The molecule has 0 aromatic heterocycles.